The number of methoxy groups -OCH3 is 4. The van der Waals surface area contributed by atoms with Crippen LogP contribution in [0.25, 0.3) is 0 Å². The van der Waals surface area contributed by atoms with Gasteiger partial charge in [-0.2, -0.15) is 23.5 Å². The second-order valence-corrected chi connectivity index (χ2v) is 16.5. The summed E-state index contributed by atoms with van der Waals surface area (Å²) < 4.78 is 40.1. The molecule has 0 amide bonds. The molecule has 10 atom stereocenters. The molecular formula is C40H66N10O7S2. The predicted octanol–water partition coefficient (Wildman–Crippen LogP) is 3.06. The number of rotatable bonds is 13. The van der Waals surface area contributed by atoms with Crippen molar-refractivity contribution in [3.05, 3.63) is 72.5 Å². The number of hydrogen-bond acceptors (Lipinski definition) is 19. The zero-order valence-corrected chi connectivity index (χ0v) is 37.9. The van der Waals surface area contributed by atoms with Gasteiger partial charge in [-0.15, -0.1) is 0 Å². The van der Waals surface area contributed by atoms with Gasteiger partial charge >= 0.3 is 0 Å². The minimum atomic E-state index is -0.323. The third-order valence-corrected chi connectivity index (χ3v) is 12.0. The van der Waals surface area contributed by atoms with E-state index >= 15 is 0 Å². The Kier molecular flexibility index (Phi) is 18.4. The molecule has 3 saturated heterocycles. The van der Waals surface area contributed by atoms with Crippen LogP contribution in [0.4, 0.5) is 0 Å². The Hall–Kier alpha value is -3.37. The van der Waals surface area contributed by atoms with Crippen LogP contribution in [0.2, 0.25) is 0 Å². The molecule has 17 nitrogen and oxygen atoms in total. The van der Waals surface area contributed by atoms with Crippen molar-refractivity contribution in [2.75, 3.05) is 66.1 Å². The number of ether oxygens (including phenoxy) is 7. The van der Waals surface area contributed by atoms with Crippen LogP contribution in [0, 0.1) is 0 Å². The van der Waals surface area contributed by atoms with Crippen LogP contribution in [-0.4, -0.2) is 160 Å². The molecule has 59 heavy (non-hydrogen) atoms. The molecule has 6 rings (SSSR count). The third-order valence-electron chi connectivity index (χ3n) is 10.7. The van der Waals surface area contributed by atoms with Crippen molar-refractivity contribution in [2.24, 2.45) is 32.2 Å². The molecule has 7 N–H and O–H groups in total. The van der Waals surface area contributed by atoms with Gasteiger partial charge in [0.05, 0.1) is 31.0 Å². The van der Waals surface area contributed by atoms with Gasteiger partial charge in [0.15, 0.2) is 6.23 Å². The molecule has 0 aliphatic carbocycles. The average molecular weight is 863 g/mol. The van der Waals surface area contributed by atoms with Crippen LogP contribution in [0.3, 0.4) is 0 Å². The number of nitrogens with one attached hydrogen (secondary N) is 1. The molecule has 0 radical (unpaired) electrons. The lowest BCUT2D eigenvalue weighted by molar-refractivity contribution is -0.0688. The summed E-state index contributed by atoms with van der Waals surface area (Å²) in [5, 5.41) is 3.26. The van der Waals surface area contributed by atoms with Gasteiger partial charge in [-0.05, 0) is 40.3 Å². The maximum atomic E-state index is 6.14. The molecule has 4 unspecified atom stereocenters. The highest BCUT2D eigenvalue weighted by molar-refractivity contribution is 7.98. The number of aliphatic imine (C=N–C) groups is 3. The summed E-state index contributed by atoms with van der Waals surface area (Å²) in [7, 11) is 8.68. The molecule has 6 aliphatic heterocycles. The maximum absolute atomic E-state index is 6.14. The summed E-state index contributed by atoms with van der Waals surface area (Å²) in [6.45, 7) is 18.1. The Labute approximate surface area is 358 Å². The van der Waals surface area contributed by atoms with Crippen molar-refractivity contribution in [1.29, 1.82) is 0 Å². The fourth-order valence-corrected chi connectivity index (χ4v) is 8.56. The van der Waals surface area contributed by atoms with Gasteiger partial charge in [-0.3, -0.25) is 0 Å². The third kappa shape index (κ3) is 11.7. The first-order chi connectivity index (χ1) is 28.2. The van der Waals surface area contributed by atoms with Gasteiger partial charge in [-0.1, -0.05) is 19.7 Å². The highest BCUT2D eigenvalue weighted by atomic mass is 32.2. The van der Waals surface area contributed by atoms with E-state index in [1.54, 1.807) is 52.0 Å². The molecule has 0 saturated carbocycles. The van der Waals surface area contributed by atoms with Crippen LogP contribution in [0.15, 0.2) is 87.5 Å². The van der Waals surface area contributed by atoms with Gasteiger partial charge in [0, 0.05) is 94.1 Å². The van der Waals surface area contributed by atoms with Crippen molar-refractivity contribution in [1.82, 2.24) is 20.0 Å². The molecule has 6 aliphatic rings. The Morgan fingerprint density at radius 1 is 0.678 bits per heavy atom. The lowest BCUT2D eigenvalue weighted by Gasteiger charge is -2.33. The standard InChI is InChI=1S/C14H23N3O3S.C13H22N4O2.C13H21N3O2S/c1-8-6-17(9(2)16-13(8)15)14-12(19-4)11(18-3)10(20-14)7-21-5;1-8-6-17(9(2)16-13(8)14)12-5-10(15-3)11(19-12)7-18-4;1-8-6-16(9(2)15-13(8)14)12-5-10(17-3)11(18-12)7-19-4/h6,10-12,14H,2,7H2,1,3-5H3,(H2,15,16);6,10-12,15H,2,5,7H2,1,3-4H3,(H2,14,16);6,10-12H,2,5,7H2,1,3-4H3,(H2,14,15)/t10-,11?,12?,14-;2*10?,11-,12-/m111/s1. The lowest BCUT2D eigenvalue weighted by atomic mass is 10.1. The summed E-state index contributed by atoms with van der Waals surface area (Å²) in [5.41, 5.74) is 20.1. The Balaban J connectivity index is 0.000000196. The zero-order chi connectivity index (χ0) is 43.6. The summed E-state index contributed by atoms with van der Waals surface area (Å²) in [5.74, 6) is 5.04. The van der Waals surface area contributed by atoms with Crippen molar-refractivity contribution in [3.8, 4) is 0 Å². The number of hydrogen-bond donors (Lipinski definition) is 4. The van der Waals surface area contributed by atoms with E-state index in [1.165, 1.54) is 0 Å². The second-order valence-electron chi connectivity index (χ2n) is 14.6. The van der Waals surface area contributed by atoms with Gasteiger partial charge in [0.2, 0.25) is 0 Å². The van der Waals surface area contributed by atoms with Gasteiger partial charge in [0.1, 0.15) is 59.6 Å². The summed E-state index contributed by atoms with van der Waals surface area (Å²) in [6.07, 6.45) is 10.9. The molecule has 0 aromatic rings. The molecule has 3 fully saturated rings. The summed E-state index contributed by atoms with van der Waals surface area (Å²) >= 11 is 3.48. The number of nitrogens with two attached hydrogens (primary N) is 3. The van der Waals surface area contributed by atoms with Gasteiger partial charge in [0.25, 0.3) is 0 Å². The fourth-order valence-electron chi connectivity index (χ4n) is 7.35. The van der Waals surface area contributed by atoms with Crippen LogP contribution in [-0.2, 0) is 33.2 Å². The first-order valence-electron chi connectivity index (χ1n) is 19.4. The average Bonchev–Trinajstić information content (AvgIpc) is 3.91. The van der Waals surface area contributed by atoms with Gasteiger partial charge in [-0.25, -0.2) is 15.0 Å². The van der Waals surface area contributed by atoms with E-state index in [2.05, 4.69) is 46.3 Å². The minimum absolute atomic E-state index is 0.0322. The van der Waals surface area contributed by atoms with Crippen molar-refractivity contribution in [2.45, 2.75) is 95.0 Å². The highest BCUT2D eigenvalue weighted by Crippen LogP contribution is 2.34. The van der Waals surface area contributed by atoms with Crippen molar-refractivity contribution in [3.63, 3.8) is 0 Å². The summed E-state index contributed by atoms with van der Waals surface area (Å²) in [4.78, 5) is 18.5. The molecule has 0 aromatic heterocycles. The van der Waals surface area contributed by atoms with E-state index in [-0.39, 0.29) is 61.3 Å². The van der Waals surface area contributed by atoms with Crippen molar-refractivity contribution < 1.29 is 33.2 Å². The molecule has 6 heterocycles. The first kappa shape index (κ1) is 48.3. The van der Waals surface area contributed by atoms with E-state index in [0.717, 1.165) is 41.1 Å². The van der Waals surface area contributed by atoms with E-state index in [4.69, 9.17) is 50.4 Å². The van der Waals surface area contributed by atoms with E-state index in [1.807, 2.05) is 67.4 Å². The molecule has 0 aromatic carbocycles. The molecule has 330 valence electrons. The van der Waals surface area contributed by atoms with Crippen LogP contribution in [0.1, 0.15) is 33.6 Å². The van der Waals surface area contributed by atoms with Crippen LogP contribution >= 0.6 is 23.5 Å². The Morgan fingerprint density at radius 2 is 1.14 bits per heavy atom. The lowest BCUT2D eigenvalue weighted by Crippen LogP contribution is -2.44. The number of thioether (sulfide) groups is 2. The van der Waals surface area contributed by atoms with E-state index in [9.17, 15) is 0 Å². The number of likely N-dealkylation sites (N-methyl/N-ethyl adjacent to an activating group) is 1. The SMILES string of the molecule is C=C1N=C(N)C(C)=CN1[C@@H]1O[C@H](CSC)C(OC)C1OC.C=C1N=C(N)C(C)=CN1[C@H]1CC(NC)[C@@H](COC)O1.C=C1N=C(N)C(C)=CN1[C@H]1CC(OC)[C@@H](CSC)O1. The topological polar surface area (TPSA) is 201 Å². The van der Waals surface area contributed by atoms with Crippen LogP contribution < -0.4 is 22.5 Å². The Morgan fingerprint density at radius 3 is 1.59 bits per heavy atom. The molecule has 0 bridgehead atoms. The molecule has 19 heteroatoms. The van der Waals surface area contributed by atoms with Gasteiger partial charge < -0.3 is 70.4 Å². The maximum Gasteiger partial charge on any atom is 0.164 e. The number of amidine groups is 3. The normalized spacial score (nSPS) is 32.0. The molecule has 0 spiro atoms. The second kappa shape index (κ2) is 22.5. The first-order valence-corrected chi connectivity index (χ1v) is 22.1. The summed E-state index contributed by atoms with van der Waals surface area (Å²) in [6, 6.07) is 0.259. The zero-order valence-electron chi connectivity index (χ0n) is 36.3. The van der Waals surface area contributed by atoms with E-state index in [0.29, 0.717) is 41.6 Å². The largest absolute Gasteiger partial charge is 0.383 e. The minimum Gasteiger partial charge on any atom is -0.383 e. The predicted molar refractivity (Wildman–Crippen MR) is 238 cm³/mol. The van der Waals surface area contributed by atoms with Crippen LogP contribution in [0.5, 0.6) is 0 Å². The monoisotopic (exact) mass is 862 g/mol. The fraction of sp³-hybridized carbons (Fsp3) is 0.625. The Bertz CT molecular complexity index is 1610. The quantitative estimate of drug-likeness (QED) is 0.210. The molecular weight excluding hydrogens is 797 g/mol. The smallest absolute Gasteiger partial charge is 0.164 e. The number of nitrogens with zero attached hydrogens (tertiary/aromatic N) is 6. The highest BCUT2D eigenvalue weighted by Gasteiger charge is 2.48. The van der Waals surface area contributed by atoms with Crippen molar-refractivity contribution >= 4 is 41.0 Å². The van der Waals surface area contributed by atoms with E-state index < -0.39 is 0 Å².